The van der Waals surface area contributed by atoms with Crippen LogP contribution in [0.2, 0.25) is 0 Å². The van der Waals surface area contributed by atoms with Gasteiger partial charge in [-0.25, -0.2) is 0 Å². The van der Waals surface area contributed by atoms with E-state index in [0.29, 0.717) is 31.5 Å². The molecule has 4 amide bonds. The van der Waals surface area contributed by atoms with Crippen LogP contribution in [-0.4, -0.2) is 88.4 Å². The van der Waals surface area contributed by atoms with E-state index in [4.69, 9.17) is 14.2 Å². The van der Waals surface area contributed by atoms with Crippen LogP contribution in [0.3, 0.4) is 0 Å². The van der Waals surface area contributed by atoms with Crippen molar-refractivity contribution in [1.29, 1.82) is 0 Å². The summed E-state index contributed by atoms with van der Waals surface area (Å²) in [5.41, 5.74) is -1.05. The van der Waals surface area contributed by atoms with Crippen LogP contribution in [0.4, 0.5) is 0 Å². The molecule has 0 spiro atoms. The van der Waals surface area contributed by atoms with Crippen LogP contribution in [0, 0.1) is 11.8 Å². The highest BCUT2D eigenvalue weighted by molar-refractivity contribution is 5.76. The van der Waals surface area contributed by atoms with Crippen LogP contribution in [0.5, 0.6) is 0 Å². The Hall–Kier alpha value is -2.24. The molecule has 0 saturated heterocycles. The Bertz CT molecular complexity index is 682. The number of carbonyl (C=O) groups is 4. The number of hydrogen-bond donors (Lipinski definition) is 4. The number of unbranched alkanes of at least 4 members (excludes halogenated alkanes) is 1. The molecule has 0 heterocycles. The van der Waals surface area contributed by atoms with E-state index >= 15 is 0 Å². The molecule has 0 atom stereocenters. The minimum absolute atomic E-state index is 0.0368. The fourth-order valence-corrected chi connectivity index (χ4v) is 3.57. The second kappa shape index (κ2) is 23.5. The first-order valence-electron chi connectivity index (χ1n) is 14.8. The van der Waals surface area contributed by atoms with Gasteiger partial charge in [-0.15, -0.1) is 0 Å². The Labute approximate surface area is 241 Å². The third-order valence-corrected chi connectivity index (χ3v) is 5.94. The summed E-state index contributed by atoms with van der Waals surface area (Å²) in [5.74, 6) is 0.405. The topological polar surface area (TPSA) is 144 Å². The van der Waals surface area contributed by atoms with Crippen LogP contribution in [0.15, 0.2) is 0 Å². The molecule has 0 aromatic rings. The zero-order valence-corrected chi connectivity index (χ0v) is 25.8. The fourth-order valence-electron chi connectivity index (χ4n) is 3.57. The third kappa shape index (κ3) is 22.6. The third-order valence-electron chi connectivity index (χ3n) is 5.94. The van der Waals surface area contributed by atoms with E-state index in [9.17, 15) is 19.2 Å². The van der Waals surface area contributed by atoms with Crippen LogP contribution in [-0.2, 0) is 33.4 Å². The van der Waals surface area contributed by atoms with Gasteiger partial charge in [-0.2, -0.15) is 0 Å². The largest absolute Gasteiger partial charge is 0.378 e. The van der Waals surface area contributed by atoms with E-state index in [1.165, 1.54) is 6.92 Å². The van der Waals surface area contributed by atoms with Crippen molar-refractivity contribution in [2.75, 3.05) is 59.3 Å². The van der Waals surface area contributed by atoms with E-state index in [1.54, 1.807) is 0 Å². The molecule has 234 valence electrons. The van der Waals surface area contributed by atoms with Gasteiger partial charge in [0, 0.05) is 45.8 Å². The Morgan fingerprint density at radius 2 is 1.02 bits per heavy atom. The maximum atomic E-state index is 12.1. The van der Waals surface area contributed by atoms with Crippen LogP contribution >= 0.6 is 0 Å². The van der Waals surface area contributed by atoms with Gasteiger partial charge in [0.05, 0.1) is 39.6 Å². The van der Waals surface area contributed by atoms with Gasteiger partial charge in [0.2, 0.25) is 23.6 Å². The number of carbonyl (C=O) groups excluding carboxylic acids is 4. The average Bonchev–Trinajstić information content (AvgIpc) is 2.86. The van der Waals surface area contributed by atoms with Crippen molar-refractivity contribution in [2.45, 2.75) is 92.0 Å². The van der Waals surface area contributed by atoms with Gasteiger partial charge in [-0.05, 0) is 31.1 Å². The van der Waals surface area contributed by atoms with E-state index in [0.717, 1.165) is 25.7 Å². The maximum absolute atomic E-state index is 12.1. The summed E-state index contributed by atoms with van der Waals surface area (Å²) in [4.78, 5) is 48.3. The zero-order valence-electron chi connectivity index (χ0n) is 25.8. The first kappa shape index (κ1) is 37.8. The lowest BCUT2D eigenvalue weighted by Crippen LogP contribution is -2.58. The van der Waals surface area contributed by atoms with Gasteiger partial charge >= 0.3 is 0 Å². The molecule has 40 heavy (non-hydrogen) atoms. The first-order valence-corrected chi connectivity index (χ1v) is 14.8. The molecule has 0 aromatic carbocycles. The van der Waals surface area contributed by atoms with E-state index in [2.05, 4.69) is 55.9 Å². The Morgan fingerprint density at radius 1 is 0.650 bits per heavy atom. The Kier molecular flexibility index (Phi) is 22.1. The number of ether oxygens (including phenoxy) is 3. The molecule has 11 heteroatoms. The van der Waals surface area contributed by atoms with E-state index < -0.39 is 5.54 Å². The van der Waals surface area contributed by atoms with Gasteiger partial charge in [0.15, 0.2) is 0 Å². The minimum Gasteiger partial charge on any atom is -0.378 e. The van der Waals surface area contributed by atoms with Crippen LogP contribution in [0.1, 0.15) is 86.5 Å². The van der Waals surface area contributed by atoms with Gasteiger partial charge in [-0.1, -0.05) is 41.0 Å². The van der Waals surface area contributed by atoms with Gasteiger partial charge < -0.3 is 35.5 Å². The smallest absolute Gasteiger partial charge is 0.222 e. The molecule has 0 unspecified atom stereocenters. The summed E-state index contributed by atoms with van der Waals surface area (Å²) in [7, 11) is 0. The monoisotopic (exact) mass is 572 g/mol. The van der Waals surface area contributed by atoms with Crippen LogP contribution in [0.25, 0.3) is 0 Å². The van der Waals surface area contributed by atoms with Crippen molar-refractivity contribution in [1.82, 2.24) is 21.3 Å². The molecule has 0 saturated carbocycles. The highest BCUT2D eigenvalue weighted by atomic mass is 16.5. The lowest BCUT2D eigenvalue weighted by molar-refractivity contribution is -0.129. The van der Waals surface area contributed by atoms with Crippen molar-refractivity contribution in [3.63, 3.8) is 0 Å². The van der Waals surface area contributed by atoms with Crippen molar-refractivity contribution in [3.8, 4) is 0 Å². The Balaban J connectivity index is 4.95. The molecule has 0 aliphatic carbocycles. The van der Waals surface area contributed by atoms with Crippen LogP contribution < -0.4 is 21.3 Å². The molecule has 0 aliphatic heterocycles. The SMILES string of the molecule is CCCCNC(=O)CCOCC(COCCC(=O)NCCC(C)C)(COCCC(=O)NCCC(C)C)NC(C)=O. The summed E-state index contributed by atoms with van der Waals surface area (Å²) < 4.78 is 17.4. The molecule has 0 bridgehead atoms. The minimum atomic E-state index is -1.05. The summed E-state index contributed by atoms with van der Waals surface area (Å²) >= 11 is 0. The van der Waals surface area contributed by atoms with Gasteiger partial charge in [-0.3, -0.25) is 19.2 Å². The van der Waals surface area contributed by atoms with E-state index in [1.807, 2.05) is 0 Å². The molecular formula is C29H56N4O7. The number of nitrogens with one attached hydrogen (secondary N) is 4. The molecule has 0 aliphatic rings. The molecule has 0 radical (unpaired) electrons. The molecule has 4 N–H and O–H groups in total. The van der Waals surface area contributed by atoms with Crippen molar-refractivity contribution >= 4 is 23.6 Å². The maximum Gasteiger partial charge on any atom is 0.222 e. The summed E-state index contributed by atoms with van der Waals surface area (Å²) in [6.45, 7) is 14.3. The predicted octanol–water partition coefficient (Wildman–Crippen LogP) is 2.32. The standard InChI is InChI=1S/C29H56N4O7/c1-7-8-14-30-26(35)11-17-38-20-29(33-25(6)34,21-39-18-12-27(36)31-15-9-23(2)3)22-40-19-13-28(37)32-16-10-24(4)5/h23-24H,7-22H2,1-6H3,(H,30,35)(H,31,36)(H,32,37)(H,33,34). The number of rotatable bonds is 25. The highest BCUT2D eigenvalue weighted by Gasteiger charge is 2.33. The number of amides is 4. The quantitative estimate of drug-likeness (QED) is 0.123. The normalized spacial score (nSPS) is 11.5. The molecular weight excluding hydrogens is 516 g/mol. The van der Waals surface area contributed by atoms with E-state index in [-0.39, 0.29) is 82.5 Å². The van der Waals surface area contributed by atoms with Crippen molar-refractivity contribution in [3.05, 3.63) is 0 Å². The average molecular weight is 573 g/mol. The fraction of sp³-hybridized carbons (Fsp3) is 0.862. The molecule has 0 rings (SSSR count). The van der Waals surface area contributed by atoms with Gasteiger partial charge in [0.25, 0.3) is 0 Å². The number of hydrogen-bond acceptors (Lipinski definition) is 7. The lowest BCUT2D eigenvalue weighted by Gasteiger charge is -2.34. The Morgan fingerprint density at radius 3 is 1.35 bits per heavy atom. The molecule has 11 nitrogen and oxygen atoms in total. The first-order chi connectivity index (χ1) is 19.0. The highest BCUT2D eigenvalue weighted by Crippen LogP contribution is 2.11. The lowest BCUT2D eigenvalue weighted by atomic mass is 10.0. The molecule has 0 fully saturated rings. The zero-order chi connectivity index (χ0) is 30.2. The van der Waals surface area contributed by atoms with Gasteiger partial charge in [0.1, 0.15) is 5.54 Å². The second-order valence-corrected chi connectivity index (χ2v) is 11.1. The predicted molar refractivity (Wildman–Crippen MR) is 156 cm³/mol. The molecule has 0 aromatic heterocycles. The summed E-state index contributed by atoms with van der Waals surface area (Å²) in [6.07, 6.45) is 4.27. The second-order valence-electron chi connectivity index (χ2n) is 11.1. The van der Waals surface area contributed by atoms with Crippen molar-refractivity contribution in [2.24, 2.45) is 11.8 Å². The van der Waals surface area contributed by atoms with Crippen molar-refractivity contribution < 1.29 is 33.4 Å². The summed E-state index contributed by atoms with van der Waals surface area (Å²) in [6, 6.07) is 0. The summed E-state index contributed by atoms with van der Waals surface area (Å²) in [5, 5.41) is 11.5.